The van der Waals surface area contributed by atoms with E-state index >= 15 is 0 Å². The Kier molecular flexibility index (Phi) is 3.13. The Morgan fingerprint density at radius 2 is 2.21 bits per heavy atom. The monoisotopic (exact) mass is 212 g/mol. The van der Waals surface area contributed by atoms with Crippen LogP contribution in [0.15, 0.2) is 0 Å². The Morgan fingerprint density at radius 3 is 2.79 bits per heavy atom. The summed E-state index contributed by atoms with van der Waals surface area (Å²) < 4.78 is 0. The fourth-order valence-corrected chi connectivity index (χ4v) is 2.91. The van der Waals surface area contributed by atoms with Crippen molar-refractivity contribution in [2.45, 2.75) is 45.1 Å². The van der Waals surface area contributed by atoms with E-state index in [-0.39, 0.29) is 6.61 Å². The molecule has 1 aromatic heterocycles. The minimum Gasteiger partial charge on any atom is -0.389 e. The Hall–Kier alpha value is -0.480. The maximum absolute atomic E-state index is 8.87. The molecule has 1 aromatic rings. The predicted octanol–water partition coefficient (Wildman–Crippen LogP) is 2.32. The van der Waals surface area contributed by atoms with E-state index in [0.29, 0.717) is 5.92 Å². The second-order valence-electron chi connectivity index (χ2n) is 4.02. The molecule has 1 saturated carbocycles. The van der Waals surface area contributed by atoms with Gasteiger partial charge in [0, 0.05) is 5.92 Å². The number of aliphatic hydroxyl groups excluding tert-OH is 1. The first-order valence-electron chi connectivity index (χ1n) is 5.26. The molecule has 3 nitrogen and oxygen atoms in total. The molecule has 0 atom stereocenters. The summed E-state index contributed by atoms with van der Waals surface area (Å²) in [7, 11) is 0. The van der Waals surface area contributed by atoms with E-state index in [4.69, 9.17) is 5.11 Å². The molecule has 0 bridgehead atoms. The highest BCUT2D eigenvalue weighted by Gasteiger charge is 2.31. The zero-order valence-corrected chi connectivity index (χ0v) is 9.26. The lowest BCUT2D eigenvalue weighted by molar-refractivity contribution is 0.245. The highest BCUT2D eigenvalue weighted by atomic mass is 32.1. The van der Waals surface area contributed by atoms with Crippen LogP contribution in [0.2, 0.25) is 0 Å². The van der Waals surface area contributed by atoms with Crippen LogP contribution in [-0.2, 0) is 6.61 Å². The van der Waals surface area contributed by atoms with Crippen LogP contribution in [0, 0.1) is 5.92 Å². The standard InChI is InChI=1S/C10H16N2OS/c1-2-3-7-4-8(5-7)10-12-11-9(6-13)14-10/h7-8,13H,2-6H2,1H3. The van der Waals surface area contributed by atoms with Crippen LogP contribution in [0.5, 0.6) is 0 Å². The van der Waals surface area contributed by atoms with Crippen LogP contribution >= 0.6 is 11.3 Å². The zero-order valence-electron chi connectivity index (χ0n) is 8.44. The van der Waals surface area contributed by atoms with Crippen molar-refractivity contribution in [3.05, 3.63) is 10.0 Å². The summed E-state index contributed by atoms with van der Waals surface area (Å²) in [4.78, 5) is 0. The van der Waals surface area contributed by atoms with Gasteiger partial charge in [-0.25, -0.2) is 0 Å². The summed E-state index contributed by atoms with van der Waals surface area (Å²) in [6.07, 6.45) is 5.18. The summed E-state index contributed by atoms with van der Waals surface area (Å²) in [5.74, 6) is 1.54. The molecule has 0 unspecified atom stereocenters. The van der Waals surface area contributed by atoms with Crippen LogP contribution in [0.4, 0.5) is 0 Å². The quantitative estimate of drug-likeness (QED) is 0.833. The van der Waals surface area contributed by atoms with Crippen LogP contribution < -0.4 is 0 Å². The van der Waals surface area contributed by atoms with E-state index in [0.717, 1.165) is 15.9 Å². The normalized spacial score (nSPS) is 26.1. The highest BCUT2D eigenvalue weighted by molar-refractivity contribution is 7.11. The first-order valence-corrected chi connectivity index (χ1v) is 6.08. The number of hydrogen-bond acceptors (Lipinski definition) is 4. The molecular formula is C10H16N2OS. The molecule has 1 heterocycles. The lowest BCUT2D eigenvalue weighted by Gasteiger charge is -2.33. The van der Waals surface area contributed by atoms with Crippen LogP contribution in [0.1, 0.15) is 48.5 Å². The number of aliphatic hydroxyl groups is 1. The fraction of sp³-hybridized carbons (Fsp3) is 0.800. The third-order valence-electron chi connectivity index (χ3n) is 2.90. The maximum Gasteiger partial charge on any atom is 0.143 e. The van der Waals surface area contributed by atoms with Crippen LogP contribution in [-0.4, -0.2) is 15.3 Å². The van der Waals surface area contributed by atoms with Gasteiger partial charge in [0.15, 0.2) is 0 Å². The number of nitrogens with zero attached hydrogens (tertiary/aromatic N) is 2. The minimum absolute atomic E-state index is 0.0305. The Morgan fingerprint density at radius 1 is 1.43 bits per heavy atom. The third-order valence-corrected chi connectivity index (χ3v) is 3.97. The number of hydrogen-bond donors (Lipinski definition) is 1. The average Bonchev–Trinajstić information content (AvgIpc) is 2.58. The maximum atomic E-state index is 8.87. The Labute approximate surface area is 88.2 Å². The molecule has 2 rings (SSSR count). The molecule has 0 spiro atoms. The average molecular weight is 212 g/mol. The van der Waals surface area contributed by atoms with Crippen molar-refractivity contribution in [1.82, 2.24) is 10.2 Å². The Balaban J connectivity index is 1.86. The summed E-state index contributed by atoms with van der Waals surface area (Å²) in [5, 5.41) is 18.8. The molecule has 14 heavy (non-hydrogen) atoms. The molecule has 4 heteroatoms. The van der Waals surface area contributed by atoms with Crippen molar-refractivity contribution in [3.63, 3.8) is 0 Å². The van der Waals surface area contributed by atoms with Crippen molar-refractivity contribution in [2.24, 2.45) is 5.92 Å². The molecule has 1 N–H and O–H groups in total. The van der Waals surface area contributed by atoms with Gasteiger partial charge in [-0.2, -0.15) is 0 Å². The van der Waals surface area contributed by atoms with Crippen molar-refractivity contribution in [1.29, 1.82) is 0 Å². The smallest absolute Gasteiger partial charge is 0.143 e. The van der Waals surface area contributed by atoms with E-state index in [9.17, 15) is 0 Å². The van der Waals surface area contributed by atoms with E-state index in [2.05, 4.69) is 17.1 Å². The topological polar surface area (TPSA) is 46.0 Å². The summed E-state index contributed by atoms with van der Waals surface area (Å²) in [5.41, 5.74) is 0. The van der Waals surface area contributed by atoms with Gasteiger partial charge in [0.05, 0.1) is 6.61 Å². The highest BCUT2D eigenvalue weighted by Crippen LogP contribution is 2.44. The molecule has 0 amide bonds. The van der Waals surface area contributed by atoms with Gasteiger partial charge < -0.3 is 5.11 Å². The van der Waals surface area contributed by atoms with Gasteiger partial charge in [-0.1, -0.05) is 31.1 Å². The molecule has 1 aliphatic carbocycles. The van der Waals surface area contributed by atoms with Gasteiger partial charge in [-0.05, 0) is 18.8 Å². The van der Waals surface area contributed by atoms with E-state index in [1.807, 2.05) is 0 Å². The van der Waals surface area contributed by atoms with Gasteiger partial charge in [-0.3, -0.25) is 0 Å². The van der Waals surface area contributed by atoms with Crippen molar-refractivity contribution in [3.8, 4) is 0 Å². The molecule has 0 aromatic carbocycles. The van der Waals surface area contributed by atoms with Crippen LogP contribution in [0.25, 0.3) is 0 Å². The molecule has 1 fully saturated rings. The molecule has 78 valence electrons. The Bertz CT molecular complexity index is 294. The second-order valence-corrected chi connectivity index (χ2v) is 5.11. The van der Waals surface area contributed by atoms with Gasteiger partial charge in [0.25, 0.3) is 0 Å². The third kappa shape index (κ3) is 1.96. The van der Waals surface area contributed by atoms with Crippen molar-refractivity contribution >= 4 is 11.3 Å². The molecule has 0 saturated heterocycles. The zero-order chi connectivity index (χ0) is 9.97. The van der Waals surface area contributed by atoms with E-state index < -0.39 is 0 Å². The van der Waals surface area contributed by atoms with Crippen molar-refractivity contribution < 1.29 is 5.11 Å². The van der Waals surface area contributed by atoms with E-state index in [1.165, 1.54) is 25.7 Å². The molecule has 1 aliphatic rings. The molecule has 0 aliphatic heterocycles. The SMILES string of the molecule is CCCC1CC(c2nnc(CO)s2)C1. The van der Waals surface area contributed by atoms with Gasteiger partial charge in [0.1, 0.15) is 10.0 Å². The van der Waals surface area contributed by atoms with Crippen LogP contribution in [0.3, 0.4) is 0 Å². The first kappa shape index (κ1) is 10.1. The summed E-state index contributed by atoms with van der Waals surface area (Å²) >= 11 is 1.56. The summed E-state index contributed by atoms with van der Waals surface area (Å²) in [6, 6.07) is 0. The molecule has 0 radical (unpaired) electrons. The lowest BCUT2D eigenvalue weighted by atomic mass is 9.73. The first-order chi connectivity index (χ1) is 6.83. The van der Waals surface area contributed by atoms with Gasteiger partial charge in [-0.15, -0.1) is 10.2 Å². The number of rotatable bonds is 4. The van der Waals surface area contributed by atoms with Crippen molar-refractivity contribution in [2.75, 3.05) is 0 Å². The minimum atomic E-state index is 0.0305. The largest absolute Gasteiger partial charge is 0.389 e. The van der Waals surface area contributed by atoms with Gasteiger partial charge in [0.2, 0.25) is 0 Å². The fourth-order valence-electron chi connectivity index (χ4n) is 2.08. The molecular weight excluding hydrogens is 196 g/mol. The number of aromatic nitrogens is 2. The van der Waals surface area contributed by atoms with Gasteiger partial charge >= 0.3 is 0 Å². The second kappa shape index (κ2) is 4.36. The lowest BCUT2D eigenvalue weighted by Crippen LogP contribution is -2.21. The summed E-state index contributed by atoms with van der Waals surface area (Å²) in [6.45, 7) is 2.27. The van der Waals surface area contributed by atoms with E-state index in [1.54, 1.807) is 11.3 Å². The predicted molar refractivity (Wildman–Crippen MR) is 56.2 cm³/mol.